The molecule has 13 heavy (non-hydrogen) atoms. The number of Topliss-reactive ketones (excluding diaryl/α,β-unsaturated/α-hetero) is 1. The molecule has 0 aliphatic rings. The Kier molecular flexibility index (Phi) is 4.13. The lowest BCUT2D eigenvalue weighted by atomic mass is 10.1. The summed E-state index contributed by atoms with van der Waals surface area (Å²) >= 11 is 5.13. The maximum absolute atomic E-state index is 10.8. The van der Waals surface area contributed by atoms with Crippen LogP contribution < -0.4 is 10.2 Å². The summed E-state index contributed by atoms with van der Waals surface area (Å²) in [6.45, 7) is 1.10. The Hall–Kier alpha value is -1.36. The highest BCUT2D eigenvalue weighted by molar-refractivity contribution is 6.42. The molecular formula is C7H5ClO5-2. The lowest BCUT2D eigenvalue weighted by Gasteiger charge is -2.05. The fourth-order valence-corrected chi connectivity index (χ4v) is 0.645. The Bertz CT molecular complexity index is 291. The summed E-state index contributed by atoms with van der Waals surface area (Å²) in [7, 11) is 0. The molecule has 0 bridgehead atoms. The van der Waals surface area contributed by atoms with Crippen LogP contribution in [0.4, 0.5) is 0 Å². The van der Waals surface area contributed by atoms with E-state index in [4.69, 9.17) is 11.6 Å². The molecule has 0 aliphatic carbocycles. The summed E-state index contributed by atoms with van der Waals surface area (Å²) in [6.07, 6.45) is -0.894. The minimum Gasteiger partial charge on any atom is -0.550 e. The molecule has 5 nitrogen and oxygen atoms in total. The topological polar surface area (TPSA) is 97.3 Å². The summed E-state index contributed by atoms with van der Waals surface area (Å²) in [5, 5.41) is 19.3. The number of hydrogen-bond acceptors (Lipinski definition) is 5. The first-order valence-electron chi connectivity index (χ1n) is 3.17. The van der Waals surface area contributed by atoms with Crippen LogP contribution in [0.3, 0.4) is 0 Å². The summed E-state index contributed by atoms with van der Waals surface area (Å²) in [6, 6.07) is 0. The van der Waals surface area contributed by atoms with Crippen LogP contribution in [0.2, 0.25) is 0 Å². The fourth-order valence-electron chi connectivity index (χ4n) is 0.539. The Balaban J connectivity index is 4.68. The molecule has 6 heteroatoms. The maximum Gasteiger partial charge on any atom is 0.165 e. The zero-order valence-electron chi connectivity index (χ0n) is 6.63. The van der Waals surface area contributed by atoms with Crippen LogP contribution in [0.15, 0.2) is 10.6 Å². The van der Waals surface area contributed by atoms with Gasteiger partial charge in [0.05, 0.1) is 17.4 Å². The molecule has 0 aliphatic heterocycles. The van der Waals surface area contributed by atoms with Crippen molar-refractivity contribution in [1.29, 1.82) is 0 Å². The van der Waals surface area contributed by atoms with E-state index in [1.165, 1.54) is 0 Å². The maximum atomic E-state index is 10.8. The third kappa shape index (κ3) is 3.71. The number of rotatable bonds is 4. The summed E-state index contributed by atoms with van der Waals surface area (Å²) in [5.41, 5.74) is -0.356. The number of hydrogen-bond donors (Lipinski definition) is 0. The van der Waals surface area contributed by atoms with Gasteiger partial charge in [-0.3, -0.25) is 4.79 Å². The summed E-state index contributed by atoms with van der Waals surface area (Å²) < 4.78 is 0. The van der Waals surface area contributed by atoms with Gasteiger partial charge >= 0.3 is 0 Å². The smallest absolute Gasteiger partial charge is 0.165 e. The van der Waals surface area contributed by atoms with Gasteiger partial charge in [-0.25, -0.2) is 0 Å². The molecule has 0 unspecified atom stereocenters. The van der Waals surface area contributed by atoms with Gasteiger partial charge in [0.2, 0.25) is 0 Å². The number of carbonyl (C=O) groups is 3. The second-order valence-corrected chi connectivity index (χ2v) is 2.58. The van der Waals surface area contributed by atoms with Crippen molar-refractivity contribution in [3.8, 4) is 0 Å². The van der Waals surface area contributed by atoms with Gasteiger partial charge in [0.1, 0.15) is 0 Å². The van der Waals surface area contributed by atoms with E-state index in [1.54, 1.807) is 0 Å². The number of carboxylic acid groups (broad SMARTS) is 2. The molecule has 0 rings (SSSR count). The molecule has 0 radical (unpaired) electrons. The van der Waals surface area contributed by atoms with Crippen LogP contribution in [-0.2, 0) is 14.4 Å². The molecule has 0 fully saturated rings. The number of aliphatic carboxylic acids is 2. The summed E-state index contributed by atoms with van der Waals surface area (Å²) in [5.74, 6) is -4.22. The Morgan fingerprint density at radius 1 is 1.23 bits per heavy atom. The first-order valence-corrected chi connectivity index (χ1v) is 3.54. The third-order valence-electron chi connectivity index (χ3n) is 1.23. The Morgan fingerprint density at radius 2 is 1.69 bits per heavy atom. The van der Waals surface area contributed by atoms with Crippen molar-refractivity contribution in [3.05, 3.63) is 10.6 Å². The van der Waals surface area contributed by atoms with Crippen LogP contribution in [0.1, 0.15) is 13.3 Å². The Labute approximate surface area is 78.6 Å². The van der Waals surface area contributed by atoms with Crippen molar-refractivity contribution >= 4 is 29.3 Å². The molecular weight excluding hydrogens is 200 g/mol. The van der Waals surface area contributed by atoms with Gasteiger partial charge < -0.3 is 19.8 Å². The van der Waals surface area contributed by atoms with Crippen LogP contribution >= 0.6 is 11.6 Å². The average molecular weight is 205 g/mol. The number of allylic oxidation sites excluding steroid dienone is 1. The van der Waals surface area contributed by atoms with Crippen molar-refractivity contribution in [3.63, 3.8) is 0 Å². The molecule has 72 valence electrons. The largest absolute Gasteiger partial charge is 0.550 e. The second kappa shape index (κ2) is 4.61. The van der Waals surface area contributed by atoms with Crippen molar-refractivity contribution < 1.29 is 24.6 Å². The first kappa shape index (κ1) is 11.6. The SMILES string of the molecule is C/C(C(=O)CC(=O)[O-])=C(\Cl)C(=O)[O-]. The highest BCUT2D eigenvalue weighted by Crippen LogP contribution is 2.10. The summed E-state index contributed by atoms with van der Waals surface area (Å²) in [4.78, 5) is 30.9. The Morgan fingerprint density at radius 3 is 2.00 bits per heavy atom. The molecule has 0 heterocycles. The van der Waals surface area contributed by atoms with Gasteiger partial charge in [0.25, 0.3) is 0 Å². The van der Waals surface area contributed by atoms with Crippen LogP contribution in [-0.4, -0.2) is 17.7 Å². The van der Waals surface area contributed by atoms with E-state index >= 15 is 0 Å². The van der Waals surface area contributed by atoms with E-state index in [1.807, 2.05) is 0 Å². The number of ketones is 1. The molecule has 0 saturated carbocycles. The van der Waals surface area contributed by atoms with E-state index in [-0.39, 0.29) is 5.57 Å². The first-order chi connectivity index (χ1) is 5.86. The highest BCUT2D eigenvalue weighted by Gasteiger charge is 2.09. The van der Waals surface area contributed by atoms with Crippen LogP contribution in [0, 0.1) is 0 Å². The van der Waals surface area contributed by atoms with E-state index < -0.39 is 29.2 Å². The third-order valence-corrected chi connectivity index (χ3v) is 1.67. The quantitative estimate of drug-likeness (QED) is 0.388. The standard InChI is InChI=1S/C7H7ClO5/c1-3(6(8)7(12)13)4(9)2-5(10)11/h2H2,1H3,(H,10,11)(H,12,13)/p-2/b6-3+. The van der Waals surface area contributed by atoms with Gasteiger partial charge in [-0.1, -0.05) is 11.6 Å². The van der Waals surface area contributed by atoms with Crippen molar-refractivity contribution in [2.24, 2.45) is 0 Å². The molecule has 0 aromatic heterocycles. The van der Waals surface area contributed by atoms with Crippen LogP contribution in [0.25, 0.3) is 0 Å². The predicted molar refractivity (Wildman–Crippen MR) is 38.2 cm³/mol. The minimum atomic E-state index is -1.72. The normalized spacial score (nSPS) is 11.8. The van der Waals surface area contributed by atoms with Gasteiger partial charge in [0, 0.05) is 11.5 Å². The molecule has 0 aromatic rings. The average Bonchev–Trinajstić information content (AvgIpc) is 2.00. The van der Waals surface area contributed by atoms with Gasteiger partial charge in [-0.05, 0) is 6.92 Å². The lowest BCUT2D eigenvalue weighted by Crippen LogP contribution is -2.28. The van der Waals surface area contributed by atoms with E-state index in [2.05, 4.69) is 0 Å². The fraction of sp³-hybridized carbons (Fsp3) is 0.286. The molecule has 0 aromatic carbocycles. The zero-order chi connectivity index (χ0) is 10.6. The number of halogens is 1. The van der Waals surface area contributed by atoms with Crippen molar-refractivity contribution in [2.45, 2.75) is 13.3 Å². The number of carboxylic acids is 2. The van der Waals surface area contributed by atoms with Crippen LogP contribution in [0.5, 0.6) is 0 Å². The monoisotopic (exact) mass is 204 g/mol. The highest BCUT2D eigenvalue weighted by atomic mass is 35.5. The predicted octanol–water partition coefficient (Wildman–Crippen LogP) is -2.04. The van der Waals surface area contributed by atoms with Gasteiger partial charge in [-0.15, -0.1) is 0 Å². The van der Waals surface area contributed by atoms with Crippen molar-refractivity contribution in [1.82, 2.24) is 0 Å². The van der Waals surface area contributed by atoms with E-state index in [0.29, 0.717) is 0 Å². The van der Waals surface area contributed by atoms with E-state index in [9.17, 15) is 24.6 Å². The van der Waals surface area contributed by atoms with Gasteiger partial charge in [-0.2, -0.15) is 0 Å². The molecule has 0 amide bonds. The zero-order valence-corrected chi connectivity index (χ0v) is 7.38. The number of carbonyl (C=O) groups excluding carboxylic acids is 3. The molecule has 0 spiro atoms. The lowest BCUT2D eigenvalue weighted by molar-refractivity contribution is -0.305. The van der Waals surface area contributed by atoms with Gasteiger partial charge in [0.15, 0.2) is 5.78 Å². The second-order valence-electron chi connectivity index (χ2n) is 2.20. The van der Waals surface area contributed by atoms with Crippen molar-refractivity contribution in [2.75, 3.05) is 0 Å². The van der Waals surface area contributed by atoms with E-state index in [0.717, 1.165) is 6.92 Å². The molecule has 0 saturated heterocycles. The molecule has 0 N–H and O–H groups in total. The minimum absolute atomic E-state index is 0.356. The molecule has 0 atom stereocenters.